The van der Waals surface area contributed by atoms with E-state index in [1.54, 1.807) is 30.5 Å². The SMILES string of the molecule is CC1(C#Cc2cc3ncnc(Nc4ccc(OCc5ccccn5)c(Cl)c4)c3cc2[N+](=O)[O-])CCCNC1. The van der Waals surface area contributed by atoms with Gasteiger partial charge in [0, 0.05) is 35.3 Å². The van der Waals surface area contributed by atoms with Crippen molar-refractivity contribution in [2.24, 2.45) is 5.41 Å². The van der Waals surface area contributed by atoms with E-state index in [1.807, 2.05) is 18.2 Å². The zero-order valence-corrected chi connectivity index (χ0v) is 21.5. The molecule has 2 N–H and O–H groups in total. The highest BCUT2D eigenvalue weighted by molar-refractivity contribution is 6.32. The molecule has 0 saturated carbocycles. The van der Waals surface area contributed by atoms with Crippen LogP contribution >= 0.6 is 11.6 Å². The number of piperidine rings is 1. The first-order valence-corrected chi connectivity index (χ1v) is 12.5. The lowest BCUT2D eigenvalue weighted by atomic mass is 9.83. The third-order valence-corrected chi connectivity index (χ3v) is 6.64. The second kappa shape index (κ2) is 11.0. The number of nitro groups is 1. The molecule has 1 fully saturated rings. The highest BCUT2D eigenvalue weighted by Gasteiger charge is 2.25. The quantitative estimate of drug-likeness (QED) is 0.187. The van der Waals surface area contributed by atoms with Crippen LogP contribution in [0.3, 0.4) is 0 Å². The predicted molar refractivity (Wildman–Crippen MR) is 147 cm³/mol. The second-order valence-corrected chi connectivity index (χ2v) is 9.74. The van der Waals surface area contributed by atoms with Gasteiger partial charge in [0.15, 0.2) is 0 Å². The van der Waals surface area contributed by atoms with Crippen LogP contribution in [0.5, 0.6) is 5.75 Å². The van der Waals surface area contributed by atoms with Crippen LogP contribution in [0.15, 0.2) is 61.1 Å². The van der Waals surface area contributed by atoms with Gasteiger partial charge in [0.2, 0.25) is 0 Å². The maximum Gasteiger partial charge on any atom is 0.285 e. The number of benzene rings is 2. The number of halogens is 1. The van der Waals surface area contributed by atoms with Gasteiger partial charge in [0.1, 0.15) is 30.1 Å². The van der Waals surface area contributed by atoms with Gasteiger partial charge in [-0.05, 0) is 62.7 Å². The first-order chi connectivity index (χ1) is 18.4. The van der Waals surface area contributed by atoms with E-state index in [9.17, 15) is 10.1 Å². The van der Waals surface area contributed by atoms with Crippen molar-refractivity contribution in [1.29, 1.82) is 0 Å². The van der Waals surface area contributed by atoms with Crippen molar-refractivity contribution in [1.82, 2.24) is 20.3 Å². The molecule has 0 radical (unpaired) electrons. The summed E-state index contributed by atoms with van der Waals surface area (Å²) in [6.45, 7) is 4.08. The molecule has 9 nitrogen and oxygen atoms in total. The number of nitrogens with zero attached hydrogens (tertiary/aromatic N) is 4. The van der Waals surface area contributed by atoms with Crippen LogP contribution < -0.4 is 15.4 Å². The first kappa shape index (κ1) is 25.4. The van der Waals surface area contributed by atoms with E-state index in [1.165, 1.54) is 12.4 Å². The van der Waals surface area contributed by atoms with E-state index < -0.39 is 4.92 Å². The Balaban J connectivity index is 1.41. The van der Waals surface area contributed by atoms with Gasteiger partial charge in [0.05, 0.1) is 21.2 Å². The monoisotopic (exact) mass is 528 g/mol. The molecule has 0 bridgehead atoms. The zero-order chi connectivity index (χ0) is 26.5. The van der Waals surface area contributed by atoms with E-state index in [0.29, 0.717) is 38.7 Å². The van der Waals surface area contributed by atoms with E-state index >= 15 is 0 Å². The Morgan fingerprint density at radius 1 is 1.21 bits per heavy atom. The van der Waals surface area contributed by atoms with Crippen molar-refractivity contribution in [3.8, 4) is 17.6 Å². The molecule has 4 aromatic rings. The molecule has 3 heterocycles. The number of ether oxygens (including phenoxy) is 1. The van der Waals surface area contributed by atoms with Gasteiger partial charge < -0.3 is 15.4 Å². The van der Waals surface area contributed by atoms with Crippen molar-refractivity contribution < 1.29 is 9.66 Å². The minimum atomic E-state index is -0.424. The summed E-state index contributed by atoms with van der Waals surface area (Å²) in [5, 5.41) is 19.4. The molecule has 1 unspecified atom stereocenters. The summed E-state index contributed by atoms with van der Waals surface area (Å²) >= 11 is 6.45. The number of rotatable bonds is 6. The van der Waals surface area contributed by atoms with E-state index in [0.717, 1.165) is 31.6 Å². The van der Waals surface area contributed by atoms with Gasteiger partial charge in [-0.15, -0.1) is 0 Å². The Kier molecular flexibility index (Phi) is 7.36. The highest BCUT2D eigenvalue weighted by atomic mass is 35.5. The van der Waals surface area contributed by atoms with Crippen LogP contribution in [0, 0.1) is 27.4 Å². The number of hydrogen-bond donors (Lipinski definition) is 2. The molecular formula is C28H25ClN6O3. The average molecular weight is 529 g/mol. The molecule has 1 saturated heterocycles. The topological polar surface area (TPSA) is 115 Å². The first-order valence-electron chi connectivity index (χ1n) is 12.2. The third kappa shape index (κ3) is 5.83. The van der Waals surface area contributed by atoms with E-state index in [-0.39, 0.29) is 17.7 Å². The summed E-state index contributed by atoms with van der Waals surface area (Å²) < 4.78 is 5.79. The van der Waals surface area contributed by atoms with Crippen LogP contribution in [0.25, 0.3) is 10.9 Å². The predicted octanol–water partition coefficient (Wildman–Crippen LogP) is 5.65. The fourth-order valence-corrected chi connectivity index (χ4v) is 4.53. The number of pyridine rings is 1. The Bertz CT molecular complexity index is 1550. The average Bonchev–Trinajstić information content (AvgIpc) is 2.92. The summed E-state index contributed by atoms with van der Waals surface area (Å²) in [6, 6.07) is 14.0. The van der Waals surface area contributed by atoms with Crippen LogP contribution in [-0.2, 0) is 6.61 Å². The smallest absolute Gasteiger partial charge is 0.285 e. The maximum absolute atomic E-state index is 11.9. The summed E-state index contributed by atoms with van der Waals surface area (Å²) in [5.41, 5.74) is 1.98. The lowest BCUT2D eigenvalue weighted by molar-refractivity contribution is -0.385. The molecule has 2 aromatic carbocycles. The van der Waals surface area contributed by atoms with Gasteiger partial charge in [-0.3, -0.25) is 15.1 Å². The molecule has 1 atom stereocenters. The lowest BCUT2D eigenvalue weighted by Gasteiger charge is -2.28. The molecule has 0 amide bonds. The maximum atomic E-state index is 11.9. The Morgan fingerprint density at radius 2 is 2.11 bits per heavy atom. The zero-order valence-electron chi connectivity index (χ0n) is 20.7. The molecule has 1 aliphatic heterocycles. The lowest BCUT2D eigenvalue weighted by Crippen LogP contribution is -2.36. The standard InChI is InChI=1S/C28H25ClN6O3/c1-28(9-4-11-30-17-28)10-8-19-13-24-22(15-25(19)35(36)37)27(33-18-32-24)34-20-6-7-26(23(29)14-20)38-16-21-5-2-3-12-31-21/h2-3,5-7,12-15,18,30H,4,9,11,16-17H2,1H3,(H,32,33,34). The second-order valence-electron chi connectivity index (χ2n) is 9.34. The minimum Gasteiger partial charge on any atom is -0.486 e. The number of fused-ring (bicyclic) bond motifs is 1. The molecule has 192 valence electrons. The molecule has 2 aromatic heterocycles. The van der Waals surface area contributed by atoms with Gasteiger partial charge >= 0.3 is 0 Å². The van der Waals surface area contributed by atoms with Crippen LogP contribution in [0.1, 0.15) is 31.0 Å². The van der Waals surface area contributed by atoms with Crippen LogP contribution in [0.4, 0.5) is 17.2 Å². The van der Waals surface area contributed by atoms with Crippen LogP contribution in [-0.4, -0.2) is 33.0 Å². The summed E-state index contributed by atoms with van der Waals surface area (Å²) in [5.74, 6) is 7.24. The Hall–Kier alpha value is -4.26. The molecule has 1 aliphatic rings. The number of nitrogens with one attached hydrogen (secondary N) is 2. The molecule has 10 heteroatoms. The molecule has 38 heavy (non-hydrogen) atoms. The number of aromatic nitrogens is 3. The van der Waals surface area contributed by atoms with Crippen molar-refractivity contribution >= 4 is 39.7 Å². The van der Waals surface area contributed by atoms with E-state index in [2.05, 4.69) is 44.4 Å². The Labute approximate surface area is 224 Å². The number of hydrogen-bond acceptors (Lipinski definition) is 8. The largest absolute Gasteiger partial charge is 0.486 e. The number of anilines is 2. The van der Waals surface area contributed by atoms with Crippen molar-refractivity contribution in [3.63, 3.8) is 0 Å². The molecular weight excluding hydrogens is 504 g/mol. The van der Waals surface area contributed by atoms with E-state index in [4.69, 9.17) is 16.3 Å². The van der Waals surface area contributed by atoms with Crippen molar-refractivity contribution in [2.75, 3.05) is 18.4 Å². The fraction of sp³-hybridized carbons (Fsp3) is 0.250. The Morgan fingerprint density at radius 3 is 2.84 bits per heavy atom. The summed E-state index contributed by atoms with van der Waals surface area (Å²) in [6.07, 6.45) is 5.08. The summed E-state index contributed by atoms with van der Waals surface area (Å²) in [7, 11) is 0. The van der Waals surface area contributed by atoms with Crippen LogP contribution in [0.2, 0.25) is 5.02 Å². The molecule has 5 rings (SSSR count). The van der Waals surface area contributed by atoms with Gasteiger partial charge in [0.25, 0.3) is 5.69 Å². The van der Waals surface area contributed by atoms with Crippen molar-refractivity contribution in [2.45, 2.75) is 26.4 Å². The van der Waals surface area contributed by atoms with Gasteiger partial charge in [-0.25, -0.2) is 9.97 Å². The fourth-order valence-electron chi connectivity index (χ4n) is 4.29. The van der Waals surface area contributed by atoms with Crippen molar-refractivity contribution in [3.05, 3.63) is 87.4 Å². The third-order valence-electron chi connectivity index (χ3n) is 6.34. The summed E-state index contributed by atoms with van der Waals surface area (Å²) in [4.78, 5) is 24.4. The highest BCUT2D eigenvalue weighted by Crippen LogP contribution is 2.33. The molecule has 0 spiro atoms. The van der Waals surface area contributed by atoms with Gasteiger partial charge in [-0.2, -0.15) is 0 Å². The minimum absolute atomic E-state index is 0.0912. The molecule has 0 aliphatic carbocycles. The number of nitro benzene ring substituents is 1. The normalized spacial score (nSPS) is 16.9. The van der Waals surface area contributed by atoms with Gasteiger partial charge in [-0.1, -0.05) is 29.5 Å².